The first-order chi connectivity index (χ1) is 12.0. The largest absolute Gasteiger partial charge is 0.493 e. The molecule has 1 aromatic carbocycles. The number of carbonyl (C=O) groups excluding carboxylic acids is 2. The lowest BCUT2D eigenvalue weighted by Gasteiger charge is -2.14. The Kier molecular flexibility index (Phi) is 6.59. The van der Waals surface area contributed by atoms with Gasteiger partial charge in [-0.15, -0.1) is 0 Å². The predicted molar refractivity (Wildman–Crippen MR) is 91.9 cm³/mol. The Morgan fingerprint density at radius 3 is 2.60 bits per heavy atom. The minimum absolute atomic E-state index is 0.147. The molecule has 132 valence electrons. The molecule has 2 aromatic rings. The van der Waals surface area contributed by atoms with Crippen LogP contribution in [0.4, 0.5) is 5.69 Å². The Bertz CT molecular complexity index is 753. The van der Waals surface area contributed by atoms with E-state index in [0.717, 1.165) is 0 Å². The van der Waals surface area contributed by atoms with E-state index < -0.39 is 18.0 Å². The maximum Gasteiger partial charge on any atom is 0.344 e. The van der Waals surface area contributed by atoms with E-state index >= 15 is 0 Å². The topological polar surface area (TPSA) is 86.8 Å². The summed E-state index contributed by atoms with van der Waals surface area (Å²) >= 11 is 5.86. The molecule has 1 unspecified atom stereocenters. The Labute approximate surface area is 149 Å². The molecule has 25 heavy (non-hydrogen) atoms. The molecule has 7 nitrogen and oxygen atoms in total. The van der Waals surface area contributed by atoms with Gasteiger partial charge in [0.1, 0.15) is 0 Å². The van der Waals surface area contributed by atoms with Crippen molar-refractivity contribution in [2.45, 2.75) is 13.0 Å². The molecule has 8 heteroatoms. The van der Waals surface area contributed by atoms with E-state index in [1.807, 2.05) is 0 Å². The van der Waals surface area contributed by atoms with Gasteiger partial charge in [-0.3, -0.25) is 4.79 Å². The minimum atomic E-state index is -1.02. The average molecular weight is 365 g/mol. The fourth-order valence-electron chi connectivity index (χ4n) is 1.87. The summed E-state index contributed by atoms with van der Waals surface area (Å²) in [5.74, 6) is -0.320. The zero-order chi connectivity index (χ0) is 18.2. The van der Waals surface area contributed by atoms with Gasteiger partial charge in [0, 0.05) is 6.20 Å². The number of anilines is 1. The van der Waals surface area contributed by atoms with Crippen LogP contribution in [0.15, 0.2) is 42.6 Å². The van der Waals surface area contributed by atoms with Gasteiger partial charge in [0.2, 0.25) is 0 Å². The molecule has 0 radical (unpaired) electrons. The third kappa shape index (κ3) is 5.36. The van der Waals surface area contributed by atoms with Gasteiger partial charge in [0.05, 0.1) is 12.8 Å². The van der Waals surface area contributed by atoms with Crippen molar-refractivity contribution in [1.29, 1.82) is 0 Å². The monoisotopic (exact) mass is 364 g/mol. The zero-order valence-corrected chi connectivity index (χ0v) is 14.4. The van der Waals surface area contributed by atoms with Gasteiger partial charge in [0.25, 0.3) is 5.91 Å². The molecule has 0 spiro atoms. The number of rotatable bonds is 7. The van der Waals surface area contributed by atoms with Crippen molar-refractivity contribution in [3.63, 3.8) is 0 Å². The van der Waals surface area contributed by atoms with Crippen LogP contribution in [0.25, 0.3) is 0 Å². The average Bonchev–Trinajstić information content (AvgIpc) is 2.62. The smallest absolute Gasteiger partial charge is 0.344 e. The molecule has 1 amide bonds. The van der Waals surface area contributed by atoms with Crippen molar-refractivity contribution in [2.75, 3.05) is 19.0 Å². The van der Waals surface area contributed by atoms with Crippen molar-refractivity contribution in [3.8, 4) is 11.5 Å². The molecule has 0 aliphatic carbocycles. The first kappa shape index (κ1) is 18.5. The second-order valence-electron chi connectivity index (χ2n) is 4.90. The van der Waals surface area contributed by atoms with E-state index in [4.69, 9.17) is 25.8 Å². The number of nitrogens with one attached hydrogen (secondary N) is 1. The molecular weight excluding hydrogens is 348 g/mol. The molecule has 2 rings (SSSR count). The maximum absolute atomic E-state index is 12.0. The van der Waals surface area contributed by atoms with Crippen LogP contribution in [0.1, 0.15) is 6.92 Å². The van der Waals surface area contributed by atoms with Gasteiger partial charge in [0.15, 0.2) is 29.4 Å². The Morgan fingerprint density at radius 1 is 1.20 bits per heavy atom. The Hall–Kier alpha value is -2.80. The standard InChI is InChI=1S/C17H17ClN2O5/c1-11(17(22)20-12-6-5-9-19-16(12)18)25-15(21)10-24-14-8-4-3-7-13(14)23-2/h3-9,11H,10H2,1-2H3,(H,20,22). The van der Waals surface area contributed by atoms with E-state index in [-0.39, 0.29) is 11.8 Å². The highest BCUT2D eigenvalue weighted by Crippen LogP contribution is 2.25. The number of benzene rings is 1. The summed E-state index contributed by atoms with van der Waals surface area (Å²) < 4.78 is 15.5. The van der Waals surface area contributed by atoms with E-state index in [2.05, 4.69) is 10.3 Å². The number of nitrogens with zero attached hydrogens (tertiary/aromatic N) is 1. The molecular formula is C17H17ClN2O5. The summed E-state index contributed by atoms with van der Waals surface area (Å²) in [4.78, 5) is 27.7. The number of esters is 1. The lowest BCUT2D eigenvalue weighted by molar-refractivity contribution is -0.155. The second-order valence-corrected chi connectivity index (χ2v) is 5.26. The Balaban J connectivity index is 1.85. The third-order valence-corrected chi connectivity index (χ3v) is 3.41. The van der Waals surface area contributed by atoms with Crippen molar-refractivity contribution >= 4 is 29.2 Å². The molecule has 0 saturated carbocycles. The van der Waals surface area contributed by atoms with Crippen molar-refractivity contribution in [3.05, 3.63) is 47.7 Å². The van der Waals surface area contributed by atoms with Crippen LogP contribution in [0, 0.1) is 0 Å². The van der Waals surface area contributed by atoms with Crippen molar-refractivity contribution in [2.24, 2.45) is 0 Å². The van der Waals surface area contributed by atoms with E-state index in [1.165, 1.54) is 20.2 Å². The van der Waals surface area contributed by atoms with Gasteiger partial charge >= 0.3 is 5.97 Å². The van der Waals surface area contributed by atoms with E-state index in [0.29, 0.717) is 17.2 Å². The SMILES string of the molecule is COc1ccccc1OCC(=O)OC(C)C(=O)Nc1cccnc1Cl. The minimum Gasteiger partial charge on any atom is -0.493 e. The van der Waals surface area contributed by atoms with Gasteiger partial charge in [-0.1, -0.05) is 23.7 Å². The normalized spacial score (nSPS) is 11.3. The van der Waals surface area contributed by atoms with Crippen LogP contribution in [0.5, 0.6) is 11.5 Å². The first-order valence-corrected chi connectivity index (χ1v) is 7.75. The number of hydrogen-bond donors (Lipinski definition) is 1. The summed E-state index contributed by atoms with van der Waals surface area (Å²) in [6.45, 7) is 1.09. The number of hydrogen-bond acceptors (Lipinski definition) is 6. The van der Waals surface area contributed by atoms with Gasteiger partial charge < -0.3 is 19.5 Å². The molecule has 0 bridgehead atoms. The molecule has 0 aliphatic heterocycles. The summed E-state index contributed by atoms with van der Waals surface area (Å²) in [5, 5.41) is 2.68. The fourth-order valence-corrected chi connectivity index (χ4v) is 2.04. The van der Waals surface area contributed by atoms with Crippen LogP contribution in [0.2, 0.25) is 5.15 Å². The summed E-state index contributed by atoms with van der Waals surface area (Å²) in [5.41, 5.74) is 0.335. The molecule has 1 atom stereocenters. The van der Waals surface area contributed by atoms with Gasteiger partial charge in [-0.25, -0.2) is 9.78 Å². The number of amides is 1. The van der Waals surface area contributed by atoms with E-state index in [1.54, 1.807) is 36.4 Å². The van der Waals surface area contributed by atoms with E-state index in [9.17, 15) is 9.59 Å². The summed E-state index contributed by atoms with van der Waals surface area (Å²) in [6, 6.07) is 10.1. The summed E-state index contributed by atoms with van der Waals surface area (Å²) in [7, 11) is 1.50. The van der Waals surface area contributed by atoms with Crippen LogP contribution in [0.3, 0.4) is 0 Å². The molecule has 0 saturated heterocycles. The van der Waals surface area contributed by atoms with Crippen LogP contribution < -0.4 is 14.8 Å². The first-order valence-electron chi connectivity index (χ1n) is 7.38. The molecule has 1 aromatic heterocycles. The lowest BCUT2D eigenvalue weighted by atomic mass is 10.3. The fraction of sp³-hybridized carbons (Fsp3) is 0.235. The number of carbonyl (C=O) groups is 2. The van der Waals surface area contributed by atoms with Crippen LogP contribution in [-0.4, -0.2) is 36.7 Å². The highest BCUT2D eigenvalue weighted by molar-refractivity contribution is 6.32. The third-order valence-electron chi connectivity index (χ3n) is 3.11. The summed E-state index contributed by atoms with van der Waals surface area (Å²) in [6.07, 6.45) is 0.474. The number of halogens is 1. The van der Waals surface area contributed by atoms with Gasteiger partial charge in [-0.05, 0) is 31.2 Å². The van der Waals surface area contributed by atoms with Crippen molar-refractivity contribution < 1.29 is 23.8 Å². The van der Waals surface area contributed by atoms with Gasteiger partial charge in [-0.2, -0.15) is 0 Å². The molecule has 1 heterocycles. The second kappa shape index (κ2) is 8.89. The van der Waals surface area contributed by atoms with Crippen molar-refractivity contribution in [1.82, 2.24) is 4.98 Å². The van der Waals surface area contributed by atoms with Crippen LogP contribution in [-0.2, 0) is 14.3 Å². The lowest BCUT2D eigenvalue weighted by Crippen LogP contribution is -2.31. The highest BCUT2D eigenvalue weighted by atomic mass is 35.5. The number of methoxy groups -OCH3 is 1. The highest BCUT2D eigenvalue weighted by Gasteiger charge is 2.19. The zero-order valence-electron chi connectivity index (χ0n) is 13.7. The quantitative estimate of drug-likeness (QED) is 0.600. The number of aromatic nitrogens is 1. The Morgan fingerprint density at radius 2 is 1.92 bits per heavy atom. The molecule has 0 aliphatic rings. The number of ether oxygens (including phenoxy) is 3. The molecule has 0 fully saturated rings. The predicted octanol–water partition coefficient (Wildman–Crippen LogP) is 2.69. The number of pyridine rings is 1. The number of para-hydroxylation sites is 2. The maximum atomic E-state index is 12.0. The van der Waals surface area contributed by atoms with Crippen LogP contribution >= 0.6 is 11.6 Å². The molecule has 1 N–H and O–H groups in total.